The molecule has 0 amide bonds. The van der Waals surface area contributed by atoms with Crippen LogP contribution in [0.3, 0.4) is 0 Å². The minimum absolute atomic E-state index is 0.0770. The second-order valence-electron chi connectivity index (χ2n) is 6.33. The Labute approximate surface area is 188 Å². The summed E-state index contributed by atoms with van der Waals surface area (Å²) in [7, 11) is -17.5. The fourth-order valence-electron chi connectivity index (χ4n) is 2.59. The zero-order chi connectivity index (χ0) is 26.5. The third-order valence-electron chi connectivity index (χ3n) is 3.93. The lowest BCUT2D eigenvalue weighted by molar-refractivity contribution is -0.304. The SMILES string of the molecule is O=c1[nH]c(=S)n([C@@H]2O[C@H](COP(=O)(O)OP(=O)(O)OP(=O)(O)O)C(O)C2(O)C(F)(F)F)cc1F. The fraction of sp³-hybridized carbons (Fsp3) is 0.600. The highest BCUT2D eigenvalue weighted by Crippen LogP contribution is 2.66. The van der Waals surface area contributed by atoms with Gasteiger partial charge in [-0.15, -0.1) is 0 Å². The summed E-state index contributed by atoms with van der Waals surface area (Å²) in [5.41, 5.74) is -5.72. The van der Waals surface area contributed by atoms with Crippen molar-refractivity contribution < 1.29 is 78.9 Å². The Morgan fingerprint density at radius 3 is 2.24 bits per heavy atom. The summed E-state index contributed by atoms with van der Waals surface area (Å²) < 4.78 is 103. The van der Waals surface area contributed by atoms with Crippen molar-refractivity contribution in [2.45, 2.75) is 30.2 Å². The van der Waals surface area contributed by atoms with E-state index >= 15 is 0 Å². The first kappa shape index (κ1) is 29.3. The van der Waals surface area contributed by atoms with Crippen molar-refractivity contribution in [3.63, 3.8) is 0 Å². The van der Waals surface area contributed by atoms with Gasteiger partial charge in [-0.2, -0.15) is 26.2 Å². The van der Waals surface area contributed by atoms with E-state index in [1.54, 1.807) is 4.98 Å². The minimum atomic E-state index is -5.97. The zero-order valence-corrected chi connectivity index (χ0v) is 19.2. The second-order valence-corrected chi connectivity index (χ2v) is 11.1. The Hall–Kier alpha value is -0.890. The Morgan fingerprint density at radius 2 is 1.74 bits per heavy atom. The molecule has 4 unspecified atom stereocenters. The molecule has 0 saturated carbocycles. The smallest absolute Gasteiger partial charge is 0.387 e. The summed E-state index contributed by atoms with van der Waals surface area (Å²) in [5.74, 6) is -1.67. The predicted octanol–water partition coefficient (Wildman–Crippen LogP) is -0.0600. The van der Waals surface area contributed by atoms with Gasteiger partial charge < -0.3 is 34.5 Å². The molecule has 0 spiro atoms. The van der Waals surface area contributed by atoms with Gasteiger partial charge in [-0.3, -0.25) is 18.9 Å². The number of aliphatic hydroxyl groups excluding tert-OH is 1. The molecule has 1 saturated heterocycles. The molecule has 34 heavy (non-hydrogen) atoms. The first-order valence-electron chi connectivity index (χ1n) is 8.01. The van der Waals surface area contributed by atoms with E-state index < -0.39 is 76.4 Å². The monoisotopic (exact) mass is 586 g/mol. The third-order valence-corrected chi connectivity index (χ3v) is 8.05. The molecule has 0 aliphatic carbocycles. The van der Waals surface area contributed by atoms with Gasteiger partial charge in [-0.05, 0) is 12.2 Å². The number of rotatable bonds is 8. The molecular weight excluding hydrogens is 573 g/mol. The van der Waals surface area contributed by atoms with Gasteiger partial charge in [0.25, 0.3) is 5.56 Å². The molecule has 1 aromatic heterocycles. The van der Waals surface area contributed by atoms with Crippen molar-refractivity contribution in [3.05, 3.63) is 27.1 Å². The van der Waals surface area contributed by atoms with E-state index in [0.717, 1.165) is 0 Å². The molecule has 1 aromatic rings. The molecule has 7 N–H and O–H groups in total. The average molecular weight is 586 g/mol. The van der Waals surface area contributed by atoms with Crippen LogP contribution in [0.5, 0.6) is 0 Å². The van der Waals surface area contributed by atoms with Gasteiger partial charge in [0.2, 0.25) is 11.4 Å². The van der Waals surface area contributed by atoms with Gasteiger partial charge >= 0.3 is 29.6 Å². The van der Waals surface area contributed by atoms with E-state index in [0.29, 0.717) is 0 Å². The third kappa shape index (κ3) is 6.45. The van der Waals surface area contributed by atoms with Crippen LogP contribution < -0.4 is 5.56 Å². The van der Waals surface area contributed by atoms with Crippen LogP contribution >= 0.6 is 35.7 Å². The highest BCUT2D eigenvalue weighted by molar-refractivity contribution is 7.71. The molecular formula is C10H13F4N2O14P3S. The molecule has 2 heterocycles. The maximum absolute atomic E-state index is 13.6. The summed E-state index contributed by atoms with van der Waals surface area (Å²) in [6.45, 7) is -1.60. The van der Waals surface area contributed by atoms with Gasteiger partial charge in [0, 0.05) is 0 Å². The van der Waals surface area contributed by atoms with Crippen LogP contribution in [-0.2, 0) is 31.6 Å². The average Bonchev–Trinajstić information content (AvgIpc) is 2.85. The van der Waals surface area contributed by atoms with Crippen LogP contribution in [0.4, 0.5) is 17.6 Å². The number of phosphoric acid groups is 3. The second kappa shape index (κ2) is 9.53. The van der Waals surface area contributed by atoms with Crippen molar-refractivity contribution in [2.75, 3.05) is 6.61 Å². The van der Waals surface area contributed by atoms with Crippen molar-refractivity contribution >= 4 is 35.7 Å². The van der Waals surface area contributed by atoms with E-state index in [1.165, 1.54) is 0 Å². The van der Waals surface area contributed by atoms with Crippen LogP contribution in [-0.4, -0.2) is 69.9 Å². The molecule has 0 radical (unpaired) electrons. The predicted molar refractivity (Wildman–Crippen MR) is 96.6 cm³/mol. The summed E-state index contributed by atoms with van der Waals surface area (Å²) in [6.07, 6.45) is -13.8. The maximum Gasteiger partial charge on any atom is 0.490 e. The van der Waals surface area contributed by atoms with E-state index in [9.17, 15) is 51.2 Å². The molecule has 6 atom stereocenters. The lowest BCUT2D eigenvalue weighted by Gasteiger charge is -2.33. The number of aromatic amines is 1. The van der Waals surface area contributed by atoms with Gasteiger partial charge in [0.05, 0.1) is 12.8 Å². The number of aromatic nitrogens is 2. The Kier molecular flexibility index (Phi) is 8.22. The van der Waals surface area contributed by atoms with Gasteiger partial charge in [0.15, 0.2) is 11.0 Å². The minimum Gasteiger partial charge on any atom is -0.387 e. The number of phosphoric ester groups is 1. The van der Waals surface area contributed by atoms with Gasteiger partial charge in [-0.1, -0.05) is 0 Å². The molecule has 1 aliphatic rings. The van der Waals surface area contributed by atoms with Crippen LogP contribution in [0.25, 0.3) is 0 Å². The summed E-state index contributed by atoms with van der Waals surface area (Å²) in [4.78, 5) is 48.2. The summed E-state index contributed by atoms with van der Waals surface area (Å²) >= 11 is 4.59. The first-order chi connectivity index (χ1) is 15.1. The van der Waals surface area contributed by atoms with Crippen LogP contribution in [0, 0.1) is 10.6 Å². The van der Waals surface area contributed by atoms with Crippen LogP contribution in [0.1, 0.15) is 6.23 Å². The largest absolute Gasteiger partial charge is 0.490 e. The Bertz CT molecular complexity index is 1200. The number of alkyl halides is 3. The number of hydrogen-bond acceptors (Lipinski definition) is 11. The normalized spacial score (nSPS) is 29.5. The van der Waals surface area contributed by atoms with Crippen molar-refractivity contribution in [2.24, 2.45) is 0 Å². The molecule has 196 valence electrons. The first-order valence-corrected chi connectivity index (χ1v) is 12.9. The number of H-pyrrole nitrogens is 1. The Morgan fingerprint density at radius 1 is 1.18 bits per heavy atom. The molecule has 0 bridgehead atoms. The number of nitrogens with one attached hydrogen (secondary N) is 1. The standard InChI is InChI=1S/C10H13F4N2O14P3S/c11-3-1-16(8(34)15-6(3)18)7-9(19,10(12,13)14)5(17)4(28-7)2-27-32(23,24)30-33(25,26)29-31(20,21)22/h1,4-5,7,17,19H,2H2,(H,23,24)(H,25,26)(H,15,18,34)(H2,20,21,22)/t4-,5?,7-,9?/m1/s1. The number of ether oxygens (including phenoxy) is 1. The summed E-state index contributed by atoms with van der Waals surface area (Å²) in [5, 5.41) is 20.3. The highest BCUT2D eigenvalue weighted by Gasteiger charge is 2.71. The number of halogens is 4. The lowest BCUT2D eigenvalue weighted by Crippen LogP contribution is -2.58. The molecule has 1 fully saturated rings. The molecule has 16 nitrogen and oxygen atoms in total. The van der Waals surface area contributed by atoms with Crippen LogP contribution in [0.2, 0.25) is 0 Å². The zero-order valence-electron chi connectivity index (χ0n) is 15.7. The van der Waals surface area contributed by atoms with Crippen molar-refractivity contribution in [1.29, 1.82) is 0 Å². The Balaban J connectivity index is 2.33. The molecule has 24 heteroatoms. The van der Waals surface area contributed by atoms with Gasteiger partial charge in [-0.25, -0.2) is 13.7 Å². The fourth-order valence-corrected chi connectivity index (χ4v) is 5.87. The van der Waals surface area contributed by atoms with E-state index in [1.807, 2.05) is 0 Å². The van der Waals surface area contributed by atoms with Gasteiger partial charge in [0.1, 0.15) is 12.2 Å². The highest BCUT2D eigenvalue weighted by atomic mass is 32.1. The van der Waals surface area contributed by atoms with E-state index in [4.69, 9.17) is 19.4 Å². The van der Waals surface area contributed by atoms with E-state index in [2.05, 4.69) is 25.4 Å². The quantitative estimate of drug-likeness (QED) is 0.120. The van der Waals surface area contributed by atoms with Crippen LogP contribution in [0.15, 0.2) is 11.0 Å². The topological polar surface area (TPSA) is 247 Å². The van der Waals surface area contributed by atoms with Crippen molar-refractivity contribution in [3.8, 4) is 0 Å². The van der Waals surface area contributed by atoms with E-state index in [-0.39, 0.29) is 10.8 Å². The number of nitrogens with zero attached hydrogens (tertiary/aromatic N) is 1. The molecule has 0 aromatic carbocycles. The molecule has 2 rings (SSSR count). The number of aliphatic hydroxyl groups is 2. The maximum atomic E-state index is 13.6. The summed E-state index contributed by atoms with van der Waals surface area (Å²) in [6, 6.07) is 0. The number of hydrogen-bond donors (Lipinski definition) is 7. The lowest BCUT2D eigenvalue weighted by atomic mass is 9.93. The van der Waals surface area contributed by atoms with Crippen molar-refractivity contribution in [1.82, 2.24) is 9.55 Å². The molecule has 1 aliphatic heterocycles.